The lowest BCUT2D eigenvalue weighted by Gasteiger charge is -2.39. The number of methoxy groups -OCH3 is 1. The summed E-state index contributed by atoms with van der Waals surface area (Å²) in [5.74, 6) is -2.26. The molecule has 1 unspecified atom stereocenters. The second-order valence-corrected chi connectivity index (χ2v) is 7.51. The highest BCUT2D eigenvalue weighted by Gasteiger charge is 2.36. The van der Waals surface area contributed by atoms with Crippen LogP contribution in [-0.2, 0) is 4.79 Å². The van der Waals surface area contributed by atoms with E-state index >= 15 is 0 Å². The van der Waals surface area contributed by atoms with Crippen molar-refractivity contribution in [2.75, 3.05) is 25.5 Å². The molecule has 6 nitrogen and oxygen atoms in total. The van der Waals surface area contributed by atoms with Gasteiger partial charge in [-0.3, -0.25) is 4.79 Å². The molecule has 1 aliphatic rings. The summed E-state index contributed by atoms with van der Waals surface area (Å²) in [7, 11) is 1.32. The van der Waals surface area contributed by atoms with Crippen molar-refractivity contribution in [3.63, 3.8) is 0 Å². The molecule has 0 spiro atoms. The summed E-state index contributed by atoms with van der Waals surface area (Å²) >= 11 is 5.84. The zero-order valence-corrected chi connectivity index (χ0v) is 17.3. The maximum absolute atomic E-state index is 14.7. The van der Waals surface area contributed by atoms with E-state index in [1.807, 2.05) is 0 Å². The van der Waals surface area contributed by atoms with Gasteiger partial charge in [-0.1, -0.05) is 11.6 Å². The molecule has 1 fully saturated rings. The van der Waals surface area contributed by atoms with Gasteiger partial charge in [0.2, 0.25) is 5.91 Å². The molecule has 160 valence electrons. The largest absolute Gasteiger partial charge is 0.497 e. The van der Waals surface area contributed by atoms with E-state index in [4.69, 9.17) is 16.3 Å². The van der Waals surface area contributed by atoms with Crippen LogP contribution in [0, 0.1) is 11.6 Å². The Labute approximate surface area is 178 Å². The van der Waals surface area contributed by atoms with E-state index in [9.17, 15) is 18.4 Å². The van der Waals surface area contributed by atoms with Crippen molar-refractivity contribution in [2.45, 2.75) is 25.3 Å². The summed E-state index contributed by atoms with van der Waals surface area (Å²) in [5, 5.41) is 5.94. The van der Waals surface area contributed by atoms with Gasteiger partial charge in [0, 0.05) is 54.3 Å². The van der Waals surface area contributed by atoms with Gasteiger partial charge in [0.05, 0.1) is 13.2 Å². The minimum atomic E-state index is -0.752. The van der Waals surface area contributed by atoms with Gasteiger partial charge in [-0.25, -0.2) is 13.6 Å². The first-order valence-corrected chi connectivity index (χ1v) is 9.77. The molecule has 2 aromatic rings. The lowest BCUT2D eigenvalue weighted by molar-refractivity contribution is -0.130. The van der Waals surface area contributed by atoms with Crippen LogP contribution in [0.1, 0.15) is 24.8 Å². The number of hydrogen-bond donors (Lipinski definition) is 2. The van der Waals surface area contributed by atoms with Crippen LogP contribution in [0.15, 0.2) is 36.4 Å². The Hall–Kier alpha value is -2.87. The minimum absolute atomic E-state index is 0.0694. The molecule has 0 aliphatic carbocycles. The fourth-order valence-corrected chi connectivity index (χ4v) is 3.76. The lowest BCUT2D eigenvalue weighted by Crippen LogP contribution is -2.53. The van der Waals surface area contributed by atoms with Crippen molar-refractivity contribution in [1.82, 2.24) is 10.2 Å². The zero-order chi connectivity index (χ0) is 21.8. The molecule has 0 saturated carbocycles. The third kappa shape index (κ3) is 4.99. The number of urea groups is 1. The highest BCUT2D eigenvalue weighted by atomic mass is 35.5. The molecular formula is C21H22ClF2N3O3. The quantitative estimate of drug-likeness (QED) is 0.754. The predicted octanol–water partition coefficient (Wildman–Crippen LogP) is 4.15. The first-order chi connectivity index (χ1) is 14.3. The number of nitrogens with zero attached hydrogens (tertiary/aromatic N) is 1. The number of amides is 3. The Kier molecular flexibility index (Phi) is 6.77. The van der Waals surface area contributed by atoms with Crippen LogP contribution in [0.25, 0.3) is 0 Å². The smallest absolute Gasteiger partial charge is 0.319 e. The molecule has 0 radical (unpaired) electrons. The number of likely N-dealkylation sites (tertiary alicyclic amines) is 1. The lowest BCUT2D eigenvalue weighted by atomic mass is 9.84. The summed E-state index contributed by atoms with van der Waals surface area (Å²) < 4.78 is 34.3. The molecular weight excluding hydrogens is 416 g/mol. The summed E-state index contributed by atoms with van der Waals surface area (Å²) in [4.78, 5) is 25.9. The average molecular weight is 438 g/mol. The van der Waals surface area contributed by atoms with Gasteiger partial charge in [-0.2, -0.15) is 0 Å². The van der Waals surface area contributed by atoms with Gasteiger partial charge in [-0.15, -0.1) is 0 Å². The van der Waals surface area contributed by atoms with E-state index in [0.29, 0.717) is 23.7 Å². The Balaban J connectivity index is 1.84. The molecule has 1 aliphatic heterocycles. The van der Waals surface area contributed by atoms with Gasteiger partial charge in [0.15, 0.2) is 0 Å². The number of carbonyl (C=O) groups excluding carboxylic acids is 2. The van der Waals surface area contributed by atoms with Crippen molar-refractivity contribution in [3.05, 3.63) is 58.6 Å². The van der Waals surface area contributed by atoms with Gasteiger partial charge in [-0.05, 0) is 30.7 Å². The molecule has 2 N–H and O–H groups in total. The number of anilines is 1. The number of ether oxygens (including phenoxy) is 1. The third-order valence-corrected chi connectivity index (χ3v) is 5.39. The number of rotatable bonds is 4. The van der Waals surface area contributed by atoms with Crippen molar-refractivity contribution >= 4 is 29.2 Å². The maximum Gasteiger partial charge on any atom is 0.319 e. The summed E-state index contributed by atoms with van der Waals surface area (Å²) in [6.45, 7) is 1.89. The van der Waals surface area contributed by atoms with Crippen LogP contribution in [0.5, 0.6) is 5.75 Å². The standard InChI is InChI=1S/C21H22ClF2N3O3/c1-12(28)27-8-7-16(20-17(23)9-15(30-2)10-18(20)24)19(11-27)26-21(29)25-14-5-3-13(22)4-6-14/h3-6,9-10,16,19H,7-8,11H2,1-2H3,(H2,25,26,29)/t16?,19-/m1/s1. The van der Waals surface area contributed by atoms with E-state index in [1.165, 1.54) is 14.0 Å². The summed E-state index contributed by atoms with van der Waals surface area (Å²) in [5.41, 5.74) is 0.380. The Bertz CT molecular complexity index is 917. The Morgan fingerprint density at radius 3 is 2.37 bits per heavy atom. The van der Waals surface area contributed by atoms with Crippen LogP contribution >= 0.6 is 11.6 Å². The van der Waals surface area contributed by atoms with E-state index in [2.05, 4.69) is 10.6 Å². The molecule has 9 heteroatoms. The molecule has 1 saturated heterocycles. The van der Waals surface area contributed by atoms with Gasteiger partial charge < -0.3 is 20.3 Å². The fraction of sp³-hybridized carbons (Fsp3) is 0.333. The molecule has 3 rings (SSSR count). The highest BCUT2D eigenvalue weighted by molar-refractivity contribution is 6.30. The van der Waals surface area contributed by atoms with Crippen LogP contribution in [0.2, 0.25) is 5.02 Å². The normalized spacial score (nSPS) is 18.6. The van der Waals surface area contributed by atoms with Crippen LogP contribution in [0.3, 0.4) is 0 Å². The summed E-state index contributed by atoms with van der Waals surface area (Å²) in [6, 6.07) is 7.50. The molecule has 3 amide bonds. The van der Waals surface area contributed by atoms with Gasteiger partial charge >= 0.3 is 6.03 Å². The van der Waals surface area contributed by atoms with Crippen molar-refractivity contribution in [1.29, 1.82) is 0 Å². The fourth-order valence-electron chi connectivity index (χ4n) is 3.63. The maximum atomic E-state index is 14.7. The Morgan fingerprint density at radius 1 is 1.17 bits per heavy atom. The first-order valence-electron chi connectivity index (χ1n) is 9.40. The summed E-state index contributed by atoms with van der Waals surface area (Å²) in [6.07, 6.45) is 0.297. The number of benzene rings is 2. The number of nitrogens with one attached hydrogen (secondary N) is 2. The number of piperidine rings is 1. The van der Waals surface area contributed by atoms with Crippen LogP contribution in [0.4, 0.5) is 19.3 Å². The molecule has 2 aromatic carbocycles. The highest BCUT2D eigenvalue weighted by Crippen LogP contribution is 2.34. The first kappa shape index (κ1) is 21.8. The monoisotopic (exact) mass is 437 g/mol. The molecule has 1 heterocycles. The molecule has 0 bridgehead atoms. The number of hydrogen-bond acceptors (Lipinski definition) is 3. The average Bonchev–Trinajstić information content (AvgIpc) is 2.70. The van der Waals surface area contributed by atoms with Gasteiger partial charge in [0.25, 0.3) is 0 Å². The second-order valence-electron chi connectivity index (χ2n) is 7.08. The predicted molar refractivity (Wildman–Crippen MR) is 110 cm³/mol. The van der Waals surface area contributed by atoms with Crippen LogP contribution < -0.4 is 15.4 Å². The molecule has 0 aromatic heterocycles. The van der Waals surface area contributed by atoms with Crippen LogP contribution in [-0.4, -0.2) is 43.1 Å². The molecule has 30 heavy (non-hydrogen) atoms. The number of carbonyl (C=O) groups is 2. The zero-order valence-electron chi connectivity index (χ0n) is 16.5. The Morgan fingerprint density at radius 2 is 1.80 bits per heavy atom. The van der Waals surface area contributed by atoms with Crippen molar-refractivity contribution in [2.24, 2.45) is 0 Å². The van der Waals surface area contributed by atoms with Crippen molar-refractivity contribution < 1.29 is 23.1 Å². The van der Waals surface area contributed by atoms with Gasteiger partial charge in [0.1, 0.15) is 17.4 Å². The van der Waals surface area contributed by atoms with E-state index in [0.717, 1.165) is 12.1 Å². The molecule has 2 atom stereocenters. The third-order valence-electron chi connectivity index (χ3n) is 5.14. The minimum Gasteiger partial charge on any atom is -0.497 e. The second kappa shape index (κ2) is 9.30. The van der Waals surface area contributed by atoms with Crippen molar-refractivity contribution in [3.8, 4) is 5.75 Å². The SMILES string of the molecule is COc1cc(F)c(C2CCN(C(C)=O)C[C@H]2NC(=O)Nc2ccc(Cl)cc2)c(F)c1. The van der Waals surface area contributed by atoms with E-state index in [1.54, 1.807) is 29.2 Å². The van der Waals surface area contributed by atoms with E-state index < -0.39 is 29.6 Å². The number of halogens is 3. The topological polar surface area (TPSA) is 70.7 Å². The van der Waals surface area contributed by atoms with E-state index in [-0.39, 0.29) is 23.8 Å².